The molecule has 0 amide bonds. The predicted molar refractivity (Wildman–Crippen MR) is 113 cm³/mol. The monoisotopic (exact) mass is 391 g/mol. The van der Waals surface area contributed by atoms with Crippen molar-refractivity contribution < 1.29 is 9.53 Å². The molecule has 4 aromatic rings. The summed E-state index contributed by atoms with van der Waals surface area (Å²) in [6.07, 6.45) is 0. The fourth-order valence-corrected chi connectivity index (χ4v) is 2.87. The maximum atomic E-state index is 11.8. The van der Waals surface area contributed by atoms with Crippen LogP contribution < -0.4 is 5.32 Å². The lowest BCUT2D eigenvalue weighted by atomic mass is 10.1. The molecule has 0 saturated carbocycles. The minimum atomic E-state index is -0.379. The van der Waals surface area contributed by atoms with E-state index < -0.39 is 0 Å². The third-order valence-electron chi connectivity index (χ3n) is 4.18. The van der Waals surface area contributed by atoms with Crippen LogP contribution in [-0.2, 0) is 4.74 Å². The van der Waals surface area contributed by atoms with Gasteiger partial charge in [-0.3, -0.25) is 0 Å². The SMILES string of the molecule is COC(=O)c1cccc(Nc2nc(-c3ccccc3)nc3ccccc23)c1.Cl. The number of nitrogens with zero attached hydrogens (tertiary/aromatic N) is 2. The lowest BCUT2D eigenvalue weighted by Crippen LogP contribution is -2.03. The molecule has 0 atom stereocenters. The summed E-state index contributed by atoms with van der Waals surface area (Å²) in [7, 11) is 1.37. The second kappa shape index (κ2) is 8.50. The van der Waals surface area contributed by atoms with E-state index in [0.29, 0.717) is 17.2 Å². The third-order valence-corrected chi connectivity index (χ3v) is 4.18. The lowest BCUT2D eigenvalue weighted by molar-refractivity contribution is 0.0601. The molecule has 3 aromatic carbocycles. The van der Waals surface area contributed by atoms with Crippen LogP contribution in [0.2, 0.25) is 0 Å². The van der Waals surface area contributed by atoms with Crippen LogP contribution in [0.5, 0.6) is 0 Å². The number of rotatable bonds is 4. The molecule has 0 saturated heterocycles. The number of carbonyl (C=O) groups excluding carboxylic acids is 1. The quantitative estimate of drug-likeness (QED) is 0.481. The highest BCUT2D eigenvalue weighted by Gasteiger charge is 2.11. The molecule has 6 heteroatoms. The number of methoxy groups -OCH3 is 1. The summed E-state index contributed by atoms with van der Waals surface area (Å²) in [5, 5.41) is 4.22. The molecule has 0 aliphatic carbocycles. The zero-order chi connectivity index (χ0) is 18.6. The van der Waals surface area contributed by atoms with Gasteiger partial charge >= 0.3 is 5.97 Å². The highest BCUT2D eigenvalue weighted by atomic mass is 35.5. The normalized spacial score (nSPS) is 10.2. The Bertz CT molecular complexity index is 1120. The maximum Gasteiger partial charge on any atom is 0.337 e. The highest BCUT2D eigenvalue weighted by Crippen LogP contribution is 2.27. The summed E-state index contributed by atoms with van der Waals surface area (Å²) in [4.78, 5) is 21.2. The van der Waals surface area contributed by atoms with Gasteiger partial charge in [-0.15, -0.1) is 12.4 Å². The average molecular weight is 392 g/mol. The van der Waals surface area contributed by atoms with Gasteiger partial charge in [0.2, 0.25) is 0 Å². The van der Waals surface area contributed by atoms with Crippen molar-refractivity contribution in [1.29, 1.82) is 0 Å². The van der Waals surface area contributed by atoms with Gasteiger partial charge in [0.1, 0.15) is 5.82 Å². The largest absolute Gasteiger partial charge is 0.465 e. The number of halogens is 1. The van der Waals surface area contributed by atoms with Gasteiger partial charge in [-0.2, -0.15) is 0 Å². The van der Waals surface area contributed by atoms with Crippen LogP contribution in [0.15, 0.2) is 78.9 Å². The smallest absolute Gasteiger partial charge is 0.337 e. The number of esters is 1. The first kappa shape index (κ1) is 19.3. The van der Waals surface area contributed by atoms with Crippen LogP contribution in [0.4, 0.5) is 11.5 Å². The number of para-hydroxylation sites is 1. The molecule has 140 valence electrons. The molecule has 0 spiro atoms. The van der Waals surface area contributed by atoms with E-state index in [1.807, 2.05) is 60.7 Å². The summed E-state index contributed by atoms with van der Waals surface area (Å²) in [5.41, 5.74) is 3.01. The lowest BCUT2D eigenvalue weighted by Gasteiger charge is -2.12. The predicted octanol–water partition coefficient (Wildman–Crippen LogP) is 5.25. The Hall–Kier alpha value is -3.44. The van der Waals surface area contributed by atoms with Crippen molar-refractivity contribution in [2.75, 3.05) is 12.4 Å². The number of nitrogens with one attached hydrogen (secondary N) is 1. The maximum absolute atomic E-state index is 11.8. The average Bonchev–Trinajstić information content (AvgIpc) is 2.74. The van der Waals surface area contributed by atoms with E-state index in [4.69, 9.17) is 9.72 Å². The zero-order valence-corrected chi connectivity index (χ0v) is 15.9. The Morgan fingerprint density at radius 2 is 1.64 bits per heavy atom. The van der Waals surface area contributed by atoms with E-state index in [2.05, 4.69) is 10.3 Å². The van der Waals surface area contributed by atoms with Gasteiger partial charge in [0, 0.05) is 16.6 Å². The van der Waals surface area contributed by atoms with E-state index in [1.165, 1.54) is 7.11 Å². The molecule has 0 fully saturated rings. The summed E-state index contributed by atoms with van der Waals surface area (Å²) in [5.74, 6) is 0.943. The molecule has 1 aromatic heterocycles. The van der Waals surface area contributed by atoms with E-state index in [-0.39, 0.29) is 18.4 Å². The summed E-state index contributed by atoms with van der Waals surface area (Å²) in [6.45, 7) is 0. The van der Waals surface area contributed by atoms with Crippen molar-refractivity contribution in [3.05, 3.63) is 84.4 Å². The van der Waals surface area contributed by atoms with E-state index in [9.17, 15) is 4.79 Å². The van der Waals surface area contributed by atoms with Crippen molar-refractivity contribution in [1.82, 2.24) is 9.97 Å². The molecular weight excluding hydrogens is 374 g/mol. The second-order valence-corrected chi connectivity index (χ2v) is 5.98. The molecule has 1 N–H and O–H groups in total. The minimum absolute atomic E-state index is 0. The standard InChI is InChI=1S/C22H17N3O2.ClH/c1-27-22(26)16-10-7-11-17(14-16)23-21-18-12-5-6-13-19(18)24-20(25-21)15-8-3-2-4-9-15;/h2-14H,1H3,(H,23,24,25);1H. The number of ether oxygens (including phenoxy) is 1. The number of anilines is 2. The Labute approximate surface area is 168 Å². The van der Waals surface area contributed by atoms with Crippen LogP contribution in [0.25, 0.3) is 22.3 Å². The Balaban J connectivity index is 0.00000225. The molecule has 0 aliphatic heterocycles. The van der Waals surface area contributed by atoms with E-state index >= 15 is 0 Å². The van der Waals surface area contributed by atoms with Crippen LogP contribution in [0.3, 0.4) is 0 Å². The van der Waals surface area contributed by atoms with Crippen LogP contribution >= 0.6 is 12.4 Å². The first-order valence-electron chi connectivity index (χ1n) is 8.52. The van der Waals surface area contributed by atoms with Gasteiger partial charge in [-0.25, -0.2) is 14.8 Å². The fraction of sp³-hybridized carbons (Fsp3) is 0.0455. The molecular formula is C22H18ClN3O2. The molecule has 0 aliphatic rings. The molecule has 0 bridgehead atoms. The number of aromatic nitrogens is 2. The van der Waals surface area contributed by atoms with Gasteiger partial charge in [-0.05, 0) is 30.3 Å². The number of benzene rings is 3. The van der Waals surface area contributed by atoms with Crippen molar-refractivity contribution >= 4 is 40.8 Å². The van der Waals surface area contributed by atoms with Crippen LogP contribution in [0.1, 0.15) is 10.4 Å². The Morgan fingerprint density at radius 3 is 2.43 bits per heavy atom. The Morgan fingerprint density at radius 1 is 0.893 bits per heavy atom. The number of hydrogen-bond acceptors (Lipinski definition) is 5. The number of hydrogen-bond donors (Lipinski definition) is 1. The van der Waals surface area contributed by atoms with Crippen LogP contribution in [-0.4, -0.2) is 23.0 Å². The van der Waals surface area contributed by atoms with Crippen molar-refractivity contribution in [2.24, 2.45) is 0 Å². The first-order valence-corrected chi connectivity index (χ1v) is 8.52. The summed E-state index contributed by atoms with van der Waals surface area (Å²) < 4.78 is 4.80. The van der Waals surface area contributed by atoms with Crippen molar-refractivity contribution in [3.8, 4) is 11.4 Å². The van der Waals surface area contributed by atoms with Gasteiger partial charge in [0.15, 0.2) is 5.82 Å². The highest BCUT2D eigenvalue weighted by molar-refractivity contribution is 5.94. The third kappa shape index (κ3) is 3.94. The van der Waals surface area contributed by atoms with Gasteiger partial charge in [0.05, 0.1) is 18.2 Å². The summed E-state index contributed by atoms with van der Waals surface area (Å²) >= 11 is 0. The van der Waals surface area contributed by atoms with Crippen molar-refractivity contribution in [2.45, 2.75) is 0 Å². The second-order valence-electron chi connectivity index (χ2n) is 5.98. The topological polar surface area (TPSA) is 64.1 Å². The van der Waals surface area contributed by atoms with E-state index in [1.54, 1.807) is 18.2 Å². The zero-order valence-electron chi connectivity index (χ0n) is 15.1. The first-order chi connectivity index (χ1) is 13.2. The van der Waals surface area contributed by atoms with Crippen molar-refractivity contribution in [3.63, 3.8) is 0 Å². The molecule has 0 unspecified atom stereocenters. The number of carbonyl (C=O) groups is 1. The summed E-state index contributed by atoms with van der Waals surface area (Å²) in [6, 6.07) is 24.8. The molecule has 1 heterocycles. The van der Waals surface area contributed by atoms with E-state index in [0.717, 1.165) is 22.2 Å². The molecule has 4 rings (SSSR count). The van der Waals surface area contributed by atoms with Gasteiger partial charge in [0.25, 0.3) is 0 Å². The van der Waals surface area contributed by atoms with Gasteiger partial charge in [-0.1, -0.05) is 48.5 Å². The molecule has 0 radical (unpaired) electrons. The number of fused-ring (bicyclic) bond motifs is 1. The fourth-order valence-electron chi connectivity index (χ4n) is 2.87. The molecule has 5 nitrogen and oxygen atoms in total. The Kier molecular flexibility index (Phi) is 5.87. The van der Waals surface area contributed by atoms with Gasteiger partial charge < -0.3 is 10.1 Å². The van der Waals surface area contributed by atoms with Crippen LogP contribution in [0, 0.1) is 0 Å². The molecule has 28 heavy (non-hydrogen) atoms. The minimum Gasteiger partial charge on any atom is -0.465 e.